The van der Waals surface area contributed by atoms with Gasteiger partial charge in [-0.15, -0.1) is 0 Å². The number of aromatic carboxylic acids is 1. The lowest BCUT2D eigenvalue weighted by Gasteiger charge is -2.18. The van der Waals surface area contributed by atoms with Gasteiger partial charge in [0.1, 0.15) is 5.56 Å². The Morgan fingerprint density at radius 2 is 1.74 bits per heavy atom. The zero-order valence-electron chi connectivity index (χ0n) is 13.5. The van der Waals surface area contributed by atoms with E-state index in [9.17, 15) is 9.59 Å². The van der Waals surface area contributed by atoms with Gasteiger partial charge < -0.3 is 19.1 Å². The summed E-state index contributed by atoms with van der Waals surface area (Å²) in [6.07, 6.45) is 0. The molecule has 1 N–H and O–H groups in total. The highest BCUT2D eigenvalue weighted by Crippen LogP contribution is 2.32. The van der Waals surface area contributed by atoms with Crippen molar-refractivity contribution in [2.75, 3.05) is 14.2 Å². The number of aromatic nitrogens is 1. The monoisotopic (exact) mass is 317 g/mol. The average Bonchev–Trinajstić information content (AvgIpc) is 2.52. The van der Waals surface area contributed by atoms with E-state index in [4.69, 9.17) is 14.6 Å². The van der Waals surface area contributed by atoms with Gasteiger partial charge in [0.15, 0.2) is 11.5 Å². The molecule has 0 aliphatic carbocycles. The van der Waals surface area contributed by atoms with E-state index in [1.165, 1.54) is 17.7 Å². The van der Waals surface area contributed by atoms with Gasteiger partial charge in [-0.25, -0.2) is 4.79 Å². The quantitative estimate of drug-likeness (QED) is 0.917. The molecule has 0 amide bonds. The van der Waals surface area contributed by atoms with Crippen molar-refractivity contribution in [3.8, 4) is 22.8 Å². The number of benzene rings is 1. The molecule has 0 atom stereocenters. The number of rotatable bonds is 5. The second-order valence-electron chi connectivity index (χ2n) is 5.28. The number of hydrogen-bond donors (Lipinski definition) is 1. The summed E-state index contributed by atoms with van der Waals surface area (Å²) < 4.78 is 12.0. The van der Waals surface area contributed by atoms with E-state index in [1.54, 1.807) is 31.4 Å². The molecule has 0 aliphatic heterocycles. The topological polar surface area (TPSA) is 77.8 Å². The van der Waals surface area contributed by atoms with Crippen molar-refractivity contribution in [1.82, 2.24) is 4.57 Å². The Bertz CT molecular complexity index is 792. The molecule has 1 aromatic carbocycles. The Hall–Kier alpha value is -2.76. The van der Waals surface area contributed by atoms with E-state index in [-0.39, 0.29) is 11.6 Å². The minimum Gasteiger partial charge on any atom is -0.493 e. The lowest BCUT2D eigenvalue weighted by molar-refractivity contribution is 0.0694. The first-order valence-electron chi connectivity index (χ1n) is 7.12. The maximum atomic E-state index is 12.4. The second-order valence-corrected chi connectivity index (χ2v) is 5.28. The highest BCUT2D eigenvalue weighted by atomic mass is 16.5. The smallest absolute Gasteiger partial charge is 0.341 e. The molecule has 0 spiro atoms. The molecule has 6 nitrogen and oxygen atoms in total. The van der Waals surface area contributed by atoms with E-state index in [0.717, 1.165) is 5.56 Å². The SMILES string of the molecule is COc1ccc(-c2ccc(C(=O)O)c(=O)n2C(C)C)cc1OC. The van der Waals surface area contributed by atoms with Gasteiger partial charge in [0.2, 0.25) is 0 Å². The third-order valence-electron chi connectivity index (χ3n) is 3.54. The summed E-state index contributed by atoms with van der Waals surface area (Å²) in [6, 6.07) is 8.07. The Morgan fingerprint density at radius 1 is 1.09 bits per heavy atom. The van der Waals surface area contributed by atoms with Crippen LogP contribution in [-0.2, 0) is 0 Å². The van der Waals surface area contributed by atoms with Crippen LogP contribution < -0.4 is 15.0 Å². The molecule has 122 valence electrons. The molecule has 23 heavy (non-hydrogen) atoms. The predicted octanol–water partition coefficient (Wildman–Crippen LogP) is 2.81. The van der Waals surface area contributed by atoms with Gasteiger partial charge in [-0.1, -0.05) is 0 Å². The zero-order valence-corrected chi connectivity index (χ0v) is 13.5. The van der Waals surface area contributed by atoms with Gasteiger partial charge in [0.05, 0.1) is 19.9 Å². The Balaban J connectivity index is 2.71. The van der Waals surface area contributed by atoms with E-state index in [0.29, 0.717) is 17.2 Å². The van der Waals surface area contributed by atoms with Gasteiger partial charge in [-0.2, -0.15) is 0 Å². The first kappa shape index (κ1) is 16.6. The zero-order chi connectivity index (χ0) is 17.1. The molecular formula is C17H19NO5. The molecule has 0 bridgehead atoms. The number of carboxylic acid groups (broad SMARTS) is 1. The summed E-state index contributed by atoms with van der Waals surface area (Å²) in [5, 5.41) is 9.13. The number of methoxy groups -OCH3 is 2. The van der Waals surface area contributed by atoms with Crippen molar-refractivity contribution in [3.05, 3.63) is 46.2 Å². The summed E-state index contributed by atoms with van der Waals surface area (Å²) >= 11 is 0. The van der Waals surface area contributed by atoms with Gasteiger partial charge in [-0.05, 0) is 44.2 Å². The fourth-order valence-electron chi connectivity index (χ4n) is 2.46. The highest BCUT2D eigenvalue weighted by Gasteiger charge is 2.17. The lowest BCUT2D eigenvalue weighted by Crippen LogP contribution is -2.28. The molecule has 0 unspecified atom stereocenters. The summed E-state index contributed by atoms with van der Waals surface area (Å²) in [6.45, 7) is 3.66. The van der Waals surface area contributed by atoms with Crippen molar-refractivity contribution in [2.24, 2.45) is 0 Å². The average molecular weight is 317 g/mol. The van der Waals surface area contributed by atoms with Crippen molar-refractivity contribution in [3.63, 3.8) is 0 Å². The van der Waals surface area contributed by atoms with Gasteiger partial charge in [-0.3, -0.25) is 4.79 Å². The first-order chi connectivity index (χ1) is 10.9. The van der Waals surface area contributed by atoms with Crippen LogP contribution in [0.3, 0.4) is 0 Å². The van der Waals surface area contributed by atoms with Crippen LogP contribution in [0.4, 0.5) is 0 Å². The van der Waals surface area contributed by atoms with Crippen LogP contribution in [0.5, 0.6) is 11.5 Å². The van der Waals surface area contributed by atoms with Crippen molar-refractivity contribution in [1.29, 1.82) is 0 Å². The van der Waals surface area contributed by atoms with E-state index in [2.05, 4.69) is 0 Å². The number of pyridine rings is 1. The number of ether oxygens (including phenoxy) is 2. The van der Waals surface area contributed by atoms with Crippen LogP contribution in [0.15, 0.2) is 35.1 Å². The highest BCUT2D eigenvalue weighted by molar-refractivity contribution is 5.87. The summed E-state index contributed by atoms with van der Waals surface area (Å²) in [5.41, 5.74) is 0.587. The molecular weight excluding hydrogens is 298 g/mol. The van der Waals surface area contributed by atoms with E-state index in [1.807, 2.05) is 13.8 Å². The Morgan fingerprint density at radius 3 is 2.26 bits per heavy atom. The number of hydrogen-bond acceptors (Lipinski definition) is 4. The van der Waals surface area contributed by atoms with E-state index >= 15 is 0 Å². The third-order valence-corrected chi connectivity index (χ3v) is 3.54. The van der Waals surface area contributed by atoms with Crippen molar-refractivity contribution >= 4 is 5.97 Å². The number of carboxylic acids is 1. The number of nitrogens with zero attached hydrogens (tertiary/aromatic N) is 1. The Kier molecular flexibility index (Phi) is 4.74. The summed E-state index contributed by atoms with van der Waals surface area (Å²) in [5.74, 6) is -0.116. The molecule has 0 radical (unpaired) electrons. The molecule has 2 aromatic rings. The van der Waals surface area contributed by atoms with Crippen molar-refractivity contribution < 1.29 is 19.4 Å². The lowest BCUT2D eigenvalue weighted by atomic mass is 10.1. The van der Waals surface area contributed by atoms with Crippen LogP contribution in [0.25, 0.3) is 11.3 Å². The first-order valence-corrected chi connectivity index (χ1v) is 7.12. The maximum absolute atomic E-state index is 12.4. The molecule has 1 aromatic heterocycles. The largest absolute Gasteiger partial charge is 0.493 e. The van der Waals surface area contributed by atoms with Crippen LogP contribution in [0, 0.1) is 0 Å². The molecule has 0 saturated carbocycles. The molecule has 6 heteroatoms. The molecule has 0 saturated heterocycles. The van der Waals surface area contributed by atoms with Crippen LogP contribution in [-0.4, -0.2) is 29.9 Å². The van der Waals surface area contributed by atoms with E-state index < -0.39 is 11.5 Å². The maximum Gasteiger partial charge on any atom is 0.341 e. The number of carbonyl (C=O) groups is 1. The standard InChI is InChI=1S/C17H19NO5/c1-10(2)18-13(7-6-12(16(18)19)17(20)21)11-5-8-14(22-3)15(9-11)23-4/h5-10H,1-4H3,(H,20,21). The minimum absolute atomic E-state index is 0.190. The van der Waals surface area contributed by atoms with Crippen LogP contribution in [0.2, 0.25) is 0 Å². The molecule has 0 fully saturated rings. The van der Waals surface area contributed by atoms with Gasteiger partial charge in [0.25, 0.3) is 5.56 Å². The third kappa shape index (κ3) is 3.06. The van der Waals surface area contributed by atoms with Crippen LogP contribution in [0.1, 0.15) is 30.2 Å². The van der Waals surface area contributed by atoms with Crippen LogP contribution >= 0.6 is 0 Å². The predicted molar refractivity (Wildman–Crippen MR) is 86.6 cm³/mol. The normalized spacial score (nSPS) is 10.7. The Labute approximate surface area is 133 Å². The van der Waals surface area contributed by atoms with Gasteiger partial charge >= 0.3 is 5.97 Å². The van der Waals surface area contributed by atoms with Crippen molar-refractivity contribution in [2.45, 2.75) is 19.9 Å². The summed E-state index contributed by atoms with van der Waals surface area (Å²) in [7, 11) is 3.08. The summed E-state index contributed by atoms with van der Waals surface area (Å²) in [4.78, 5) is 23.6. The molecule has 0 aliphatic rings. The fraction of sp³-hybridized carbons (Fsp3) is 0.294. The molecule has 1 heterocycles. The fourth-order valence-corrected chi connectivity index (χ4v) is 2.46. The second kappa shape index (κ2) is 6.56. The minimum atomic E-state index is -1.23. The molecule has 2 rings (SSSR count). The van der Waals surface area contributed by atoms with Gasteiger partial charge in [0, 0.05) is 11.6 Å².